The summed E-state index contributed by atoms with van der Waals surface area (Å²) in [7, 11) is 1.47. The van der Waals surface area contributed by atoms with Gasteiger partial charge in [0, 0.05) is 13.6 Å². The van der Waals surface area contributed by atoms with E-state index in [0.717, 1.165) is 4.68 Å². The standard InChI is InChI=1S/C11H17N3O4/c1-6-7(2)13-14(3)11(18)9(6)10(17)12-4-8(16)5-15/h8,15-16H,4-5H2,1-3H3,(H,12,17). The molecule has 0 aliphatic rings. The maximum absolute atomic E-state index is 11.9. The van der Waals surface area contributed by atoms with Gasteiger partial charge < -0.3 is 15.5 Å². The van der Waals surface area contributed by atoms with Crippen LogP contribution in [0.25, 0.3) is 0 Å². The molecule has 0 bridgehead atoms. The van der Waals surface area contributed by atoms with Crippen LogP contribution >= 0.6 is 0 Å². The Bertz CT molecular complexity index is 510. The molecular weight excluding hydrogens is 238 g/mol. The van der Waals surface area contributed by atoms with Crippen LogP contribution in [-0.4, -0.2) is 45.2 Å². The Labute approximate surface area is 104 Å². The Morgan fingerprint density at radius 2 is 2.11 bits per heavy atom. The minimum Gasteiger partial charge on any atom is -0.394 e. The molecule has 1 aromatic rings. The van der Waals surface area contributed by atoms with Gasteiger partial charge >= 0.3 is 0 Å². The van der Waals surface area contributed by atoms with Crippen LogP contribution in [0.2, 0.25) is 0 Å². The number of aromatic nitrogens is 2. The van der Waals surface area contributed by atoms with Crippen molar-refractivity contribution in [2.45, 2.75) is 20.0 Å². The normalized spacial score (nSPS) is 12.3. The number of hydrogen-bond donors (Lipinski definition) is 3. The van der Waals surface area contributed by atoms with Gasteiger partial charge in [-0.05, 0) is 19.4 Å². The SMILES string of the molecule is Cc1nn(C)c(=O)c(C(=O)NCC(O)CO)c1C. The second kappa shape index (κ2) is 5.74. The summed E-state index contributed by atoms with van der Waals surface area (Å²) in [6.45, 7) is 2.78. The number of amides is 1. The van der Waals surface area contributed by atoms with Gasteiger partial charge in [0.1, 0.15) is 5.56 Å². The molecule has 0 fully saturated rings. The summed E-state index contributed by atoms with van der Waals surface area (Å²) >= 11 is 0. The van der Waals surface area contributed by atoms with Crippen LogP contribution in [0.5, 0.6) is 0 Å². The number of aliphatic hydroxyl groups excluding tert-OH is 2. The predicted octanol–water partition coefficient (Wildman–Crippen LogP) is -1.52. The lowest BCUT2D eigenvalue weighted by molar-refractivity contribution is 0.0800. The molecular formula is C11H17N3O4. The summed E-state index contributed by atoms with van der Waals surface area (Å²) in [5.74, 6) is -0.578. The van der Waals surface area contributed by atoms with Crippen molar-refractivity contribution in [2.75, 3.05) is 13.2 Å². The van der Waals surface area contributed by atoms with Gasteiger partial charge in [0.05, 0.1) is 18.4 Å². The average molecular weight is 255 g/mol. The van der Waals surface area contributed by atoms with Crippen LogP contribution < -0.4 is 10.9 Å². The lowest BCUT2D eigenvalue weighted by Crippen LogP contribution is -2.39. The Kier molecular flexibility index (Phi) is 4.57. The topological polar surface area (TPSA) is 104 Å². The van der Waals surface area contributed by atoms with E-state index in [9.17, 15) is 9.59 Å². The smallest absolute Gasteiger partial charge is 0.279 e. The number of rotatable bonds is 4. The first-order valence-corrected chi connectivity index (χ1v) is 5.50. The molecule has 1 unspecified atom stereocenters. The van der Waals surface area contributed by atoms with E-state index in [1.54, 1.807) is 13.8 Å². The average Bonchev–Trinajstić information content (AvgIpc) is 2.33. The van der Waals surface area contributed by atoms with E-state index in [0.29, 0.717) is 11.3 Å². The van der Waals surface area contributed by atoms with Gasteiger partial charge in [-0.3, -0.25) is 9.59 Å². The van der Waals surface area contributed by atoms with E-state index >= 15 is 0 Å². The molecule has 0 saturated heterocycles. The second-order valence-corrected chi connectivity index (χ2v) is 4.06. The summed E-state index contributed by atoms with van der Waals surface area (Å²) < 4.78 is 1.10. The number of aliphatic hydroxyl groups is 2. The quantitative estimate of drug-likeness (QED) is 0.606. The van der Waals surface area contributed by atoms with Gasteiger partial charge in [-0.2, -0.15) is 5.10 Å². The largest absolute Gasteiger partial charge is 0.394 e. The highest BCUT2D eigenvalue weighted by atomic mass is 16.3. The molecule has 1 amide bonds. The third-order valence-corrected chi connectivity index (χ3v) is 2.66. The second-order valence-electron chi connectivity index (χ2n) is 4.06. The number of carbonyl (C=O) groups is 1. The van der Waals surface area contributed by atoms with Crippen LogP contribution in [0.15, 0.2) is 4.79 Å². The fourth-order valence-electron chi connectivity index (χ4n) is 1.48. The molecule has 1 aromatic heterocycles. The zero-order valence-electron chi connectivity index (χ0n) is 10.6. The first kappa shape index (κ1) is 14.3. The third kappa shape index (κ3) is 2.93. The molecule has 1 rings (SSSR count). The lowest BCUT2D eigenvalue weighted by atomic mass is 10.1. The molecule has 0 saturated carbocycles. The number of nitrogens with one attached hydrogen (secondary N) is 1. The van der Waals surface area contributed by atoms with Crippen LogP contribution in [0, 0.1) is 13.8 Å². The zero-order valence-corrected chi connectivity index (χ0v) is 10.6. The molecule has 18 heavy (non-hydrogen) atoms. The van der Waals surface area contributed by atoms with Crippen molar-refractivity contribution in [3.05, 3.63) is 27.2 Å². The summed E-state index contributed by atoms with van der Waals surface area (Å²) in [5.41, 5.74) is 0.614. The van der Waals surface area contributed by atoms with Gasteiger partial charge in [-0.15, -0.1) is 0 Å². The maximum Gasteiger partial charge on any atom is 0.279 e. The first-order chi connectivity index (χ1) is 8.38. The van der Waals surface area contributed by atoms with E-state index in [2.05, 4.69) is 10.4 Å². The van der Waals surface area contributed by atoms with Gasteiger partial charge in [0.2, 0.25) is 0 Å². The summed E-state index contributed by atoms with van der Waals surface area (Å²) in [5, 5.41) is 24.1. The fraction of sp³-hybridized carbons (Fsp3) is 0.545. The molecule has 7 nitrogen and oxygen atoms in total. The maximum atomic E-state index is 11.9. The van der Waals surface area contributed by atoms with E-state index in [4.69, 9.17) is 10.2 Å². The monoisotopic (exact) mass is 255 g/mol. The highest BCUT2D eigenvalue weighted by Gasteiger charge is 2.18. The van der Waals surface area contributed by atoms with Crippen LogP contribution in [-0.2, 0) is 7.05 Å². The van der Waals surface area contributed by atoms with Crippen molar-refractivity contribution in [1.29, 1.82) is 0 Å². The molecule has 100 valence electrons. The number of carbonyl (C=O) groups excluding carboxylic acids is 1. The van der Waals surface area contributed by atoms with Crippen LogP contribution in [0.4, 0.5) is 0 Å². The van der Waals surface area contributed by atoms with Crippen molar-refractivity contribution in [2.24, 2.45) is 7.05 Å². The summed E-state index contributed by atoms with van der Waals surface area (Å²) in [4.78, 5) is 23.7. The van der Waals surface area contributed by atoms with Gasteiger partial charge in [-0.1, -0.05) is 0 Å². The van der Waals surface area contributed by atoms with E-state index in [1.165, 1.54) is 7.05 Å². The molecule has 3 N–H and O–H groups in total. The predicted molar refractivity (Wildman–Crippen MR) is 64.4 cm³/mol. The Hall–Kier alpha value is -1.73. The third-order valence-electron chi connectivity index (χ3n) is 2.66. The van der Waals surface area contributed by atoms with Crippen molar-refractivity contribution < 1.29 is 15.0 Å². The number of nitrogens with zero attached hydrogens (tertiary/aromatic N) is 2. The molecule has 0 spiro atoms. The molecule has 0 radical (unpaired) electrons. The molecule has 1 heterocycles. The Balaban J connectivity index is 3.03. The lowest BCUT2D eigenvalue weighted by Gasteiger charge is -2.12. The van der Waals surface area contributed by atoms with E-state index in [-0.39, 0.29) is 12.1 Å². The summed E-state index contributed by atoms with van der Waals surface area (Å²) in [6, 6.07) is 0. The van der Waals surface area contributed by atoms with Crippen molar-refractivity contribution in [3.63, 3.8) is 0 Å². The molecule has 0 aliphatic heterocycles. The summed E-state index contributed by atoms with van der Waals surface area (Å²) in [6.07, 6.45) is -1.04. The minimum atomic E-state index is -1.04. The zero-order chi connectivity index (χ0) is 13.9. The van der Waals surface area contributed by atoms with Crippen LogP contribution in [0.1, 0.15) is 21.6 Å². The molecule has 0 aliphatic carbocycles. The number of hydrogen-bond acceptors (Lipinski definition) is 5. The molecule has 7 heteroatoms. The first-order valence-electron chi connectivity index (χ1n) is 5.50. The molecule has 1 atom stereocenters. The van der Waals surface area contributed by atoms with E-state index in [1.807, 2.05) is 0 Å². The fourth-order valence-corrected chi connectivity index (χ4v) is 1.48. The van der Waals surface area contributed by atoms with Gasteiger partial charge in [0.15, 0.2) is 0 Å². The van der Waals surface area contributed by atoms with Crippen molar-refractivity contribution in [3.8, 4) is 0 Å². The van der Waals surface area contributed by atoms with Gasteiger partial charge in [0.25, 0.3) is 11.5 Å². The van der Waals surface area contributed by atoms with Gasteiger partial charge in [-0.25, -0.2) is 4.68 Å². The number of aryl methyl sites for hydroxylation is 2. The van der Waals surface area contributed by atoms with Crippen molar-refractivity contribution >= 4 is 5.91 Å². The van der Waals surface area contributed by atoms with E-state index < -0.39 is 24.2 Å². The molecule has 0 aromatic carbocycles. The van der Waals surface area contributed by atoms with Crippen molar-refractivity contribution in [1.82, 2.24) is 15.1 Å². The highest BCUT2D eigenvalue weighted by molar-refractivity contribution is 5.95. The minimum absolute atomic E-state index is 0.00939. The Morgan fingerprint density at radius 1 is 1.50 bits per heavy atom. The highest BCUT2D eigenvalue weighted by Crippen LogP contribution is 2.05. The van der Waals surface area contributed by atoms with Crippen LogP contribution in [0.3, 0.4) is 0 Å². The Morgan fingerprint density at radius 3 is 2.67 bits per heavy atom.